The molecule has 15 heavy (non-hydrogen) atoms. The van der Waals surface area contributed by atoms with E-state index in [1.165, 1.54) is 0 Å². The maximum atomic E-state index is 11.8. The van der Waals surface area contributed by atoms with Crippen molar-refractivity contribution in [1.29, 1.82) is 0 Å². The topological polar surface area (TPSA) is 22.0 Å². The second-order valence-electron chi connectivity index (χ2n) is 3.35. The molecule has 0 N–H and O–H groups in total. The second-order valence-corrected chi connectivity index (χ2v) is 4.26. The molecule has 0 atom stereocenters. The van der Waals surface area contributed by atoms with Crippen molar-refractivity contribution in [3.63, 3.8) is 0 Å². The van der Waals surface area contributed by atoms with Gasteiger partial charge in [0.25, 0.3) is 5.56 Å². The molecule has 0 amide bonds. The van der Waals surface area contributed by atoms with Crippen molar-refractivity contribution >= 4 is 15.9 Å². The van der Waals surface area contributed by atoms with Gasteiger partial charge in [-0.3, -0.25) is 4.79 Å². The maximum absolute atomic E-state index is 11.8. The Balaban J connectivity index is 2.65. The summed E-state index contributed by atoms with van der Waals surface area (Å²) in [4.78, 5) is 11.8. The summed E-state index contributed by atoms with van der Waals surface area (Å²) < 4.78 is 2.56. The van der Waals surface area contributed by atoms with E-state index in [4.69, 9.17) is 0 Å². The van der Waals surface area contributed by atoms with E-state index in [2.05, 4.69) is 15.9 Å². The largest absolute Gasteiger partial charge is 0.318 e. The van der Waals surface area contributed by atoms with Crippen LogP contribution < -0.4 is 5.56 Å². The molecular weight excluding hydrogens is 254 g/mol. The fourth-order valence-electron chi connectivity index (χ4n) is 1.47. The van der Waals surface area contributed by atoms with Gasteiger partial charge in [0, 0.05) is 23.3 Å². The lowest BCUT2D eigenvalue weighted by Crippen LogP contribution is -2.17. The Bertz CT molecular complexity index is 545. The van der Waals surface area contributed by atoms with Gasteiger partial charge in [0.1, 0.15) is 0 Å². The number of halogens is 1. The van der Waals surface area contributed by atoms with Crippen LogP contribution in [-0.2, 0) is 7.05 Å². The van der Waals surface area contributed by atoms with Gasteiger partial charge < -0.3 is 4.57 Å². The molecule has 0 bridgehead atoms. The van der Waals surface area contributed by atoms with Crippen molar-refractivity contribution in [2.75, 3.05) is 0 Å². The molecule has 0 radical (unpaired) electrons. The first-order chi connectivity index (χ1) is 7.18. The first-order valence-electron chi connectivity index (χ1n) is 4.60. The molecule has 1 aromatic carbocycles. The van der Waals surface area contributed by atoms with Gasteiger partial charge in [-0.15, -0.1) is 0 Å². The molecule has 1 aromatic heterocycles. The molecule has 0 aliphatic heterocycles. The molecule has 2 nitrogen and oxygen atoms in total. The number of aryl methyl sites for hydroxylation is 1. The predicted molar refractivity (Wildman–Crippen MR) is 64.8 cm³/mol. The van der Waals surface area contributed by atoms with E-state index in [0.29, 0.717) is 0 Å². The van der Waals surface area contributed by atoms with Crippen LogP contribution >= 0.6 is 15.9 Å². The Hall–Kier alpha value is -1.35. The normalized spacial score (nSPS) is 10.3. The minimum absolute atomic E-state index is 0.0237. The van der Waals surface area contributed by atoms with E-state index < -0.39 is 0 Å². The van der Waals surface area contributed by atoms with Crippen LogP contribution in [0.25, 0.3) is 11.1 Å². The fraction of sp³-hybridized carbons (Fsp3) is 0.0833. The molecule has 0 aliphatic rings. The number of pyridine rings is 1. The zero-order chi connectivity index (χ0) is 10.8. The van der Waals surface area contributed by atoms with Crippen molar-refractivity contribution < 1.29 is 0 Å². The summed E-state index contributed by atoms with van der Waals surface area (Å²) >= 11 is 3.39. The predicted octanol–water partition coefficient (Wildman–Crippen LogP) is 2.81. The van der Waals surface area contributed by atoms with Crippen LogP contribution in [0.3, 0.4) is 0 Å². The van der Waals surface area contributed by atoms with Crippen molar-refractivity contribution in [1.82, 2.24) is 4.57 Å². The van der Waals surface area contributed by atoms with Crippen LogP contribution in [0.1, 0.15) is 0 Å². The van der Waals surface area contributed by atoms with Gasteiger partial charge in [-0.25, -0.2) is 0 Å². The minimum Gasteiger partial charge on any atom is -0.318 e. The van der Waals surface area contributed by atoms with Crippen LogP contribution in [0, 0.1) is 0 Å². The smallest absolute Gasteiger partial charge is 0.258 e. The van der Waals surface area contributed by atoms with E-state index >= 15 is 0 Å². The summed E-state index contributed by atoms with van der Waals surface area (Å²) in [5.41, 5.74) is 1.68. The molecule has 0 saturated carbocycles. The summed E-state index contributed by atoms with van der Waals surface area (Å²) in [6.45, 7) is 0. The molecule has 2 rings (SSSR count). The Labute approximate surface area is 96.3 Å². The number of aromatic nitrogens is 1. The summed E-state index contributed by atoms with van der Waals surface area (Å²) in [5.74, 6) is 0. The molecule has 0 saturated heterocycles. The van der Waals surface area contributed by atoms with Crippen LogP contribution in [0.15, 0.2) is 51.9 Å². The highest BCUT2D eigenvalue weighted by molar-refractivity contribution is 9.10. The highest BCUT2D eigenvalue weighted by Crippen LogP contribution is 2.19. The van der Waals surface area contributed by atoms with Gasteiger partial charge in [-0.05, 0) is 29.8 Å². The summed E-state index contributed by atoms with van der Waals surface area (Å²) in [6, 6.07) is 11.4. The highest BCUT2D eigenvalue weighted by atomic mass is 79.9. The standard InChI is InChI=1S/C12H10BrNO/c1-14-7-3-6-11(12(14)15)9-4-2-5-10(13)8-9/h2-8H,1H3. The van der Waals surface area contributed by atoms with Gasteiger partial charge >= 0.3 is 0 Å². The monoisotopic (exact) mass is 263 g/mol. The average Bonchev–Trinajstić information content (AvgIpc) is 2.22. The SMILES string of the molecule is Cn1cccc(-c2cccc(Br)c2)c1=O. The quantitative estimate of drug-likeness (QED) is 0.776. The molecule has 76 valence electrons. The average molecular weight is 264 g/mol. The summed E-state index contributed by atoms with van der Waals surface area (Å²) in [5, 5.41) is 0. The van der Waals surface area contributed by atoms with Crippen molar-refractivity contribution in [3.05, 3.63) is 57.4 Å². The minimum atomic E-state index is 0.0237. The summed E-state index contributed by atoms with van der Waals surface area (Å²) in [6.07, 6.45) is 1.75. The lowest BCUT2D eigenvalue weighted by molar-refractivity contribution is 0.863. The number of rotatable bonds is 1. The van der Waals surface area contributed by atoms with Gasteiger partial charge in [0.05, 0.1) is 0 Å². The van der Waals surface area contributed by atoms with Gasteiger partial charge in [-0.1, -0.05) is 28.1 Å². The molecule has 3 heteroatoms. The van der Waals surface area contributed by atoms with E-state index in [0.717, 1.165) is 15.6 Å². The van der Waals surface area contributed by atoms with Gasteiger partial charge in [0.15, 0.2) is 0 Å². The Morgan fingerprint density at radius 3 is 2.73 bits per heavy atom. The third-order valence-corrected chi connectivity index (χ3v) is 2.75. The van der Waals surface area contributed by atoms with Crippen LogP contribution in [-0.4, -0.2) is 4.57 Å². The van der Waals surface area contributed by atoms with Gasteiger partial charge in [0.2, 0.25) is 0 Å². The van der Waals surface area contributed by atoms with E-state index in [1.54, 1.807) is 17.8 Å². The number of hydrogen-bond donors (Lipinski definition) is 0. The molecule has 0 aliphatic carbocycles. The van der Waals surface area contributed by atoms with Crippen molar-refractivity contribution in [2.24, 2.45) is 7.05 Å². The van der Waals surface area contributed by atoms with Crippen LogP contribution in [0.2, 0.25) is 0 Å². The second kappa shape index (κ2) is 4.03. The Morgan fingerprint density at radius 1 is 1.20 bits per heavy atom. The van der Waals surface area contributed by atoms with Crippen LogP contribution in [0.5, 0.6) is 0 Å². The zero-order valence-electron chi connectivity index (χ0n) is 8.27. The maximum Gasteiger partial charge on any atom is 0.258 e. The molecular formula is C12H10BrNO. The zero-order valence-corrected chi connectivity index (χ0v) is 9.86. The first-order valence-corrected chi connectivity index (χ1v) is 5.39. The van der Waals surface area contributed by atoms with Crippen LogP contribution in [0.4, 0.5) is 0 Å². The molecule has 1 heterocycles. The van der Waals surface area contributed by atoms with E-state index in [9.17, 15) is 4.79 Å². The number of benzene rings is 1. The third kappa shape index (κ3) is 2.02. The number of nitrogens with zero attached hydrogens (tertiary/aromatic N) is 1. The van der Waals surface area contributed by atoms with Crippen molar-refractivity contribution in [2.45, 2.75) is 0 Å². The molecule has 0 spiro atoms. The first kappa shape index (κ1) is 10.2. The third-order valence-electron chi connectivity index (χ3n) is 2.26. The van der Waals surface area contributed by atoms with E-state index in [1.807, 2.05) is 36.4 Å². The molecule has 2 aromatic rings. The summed E-state index contributed by atoms with van der Waals surface area (Å²) in [7, 11) is 1.75. The van der Waals surface area contributed by atoms with Gasteiger partial charge in [-0.2, -0.15) is 0 Å². The molecule has 0 unspecified atom stereocenters. The lowest BCUT2D eigenvalue weighted by atomic mass is 10.1. The Morgan fingerprint density at radius 2 is 2.00 bits per heavy atom. The van der Waals surface area contributed by atoms with E-state index in [-0.39, 0.29) is 5.56 Å². The van der Waals surface area contributed by atoms with Crippen molar-refractivity contribution in [3.8, 4) is 11.1 Å². The lowest BCUT2D eigenvalue weighted by Gasteiger charge is -2.03. The molecule has 0 fully saturated rings. The Kier molecular flexibility index (Phi) is 2.73. The highest BCUT2D eigenvalue weighted by Gasteiger charge is 2.03. The number of hydrogen-bond acceptors (Lipinski definition) is 1. The fourth-order valence-corrected chi connectivity index (χ4v) is 1.87.